The first-order valence-electron chi connectivity index (χ1n) is 5.97. The van der Waals surface area contributed by atoms with Crippen LogP contribution < -0.4 is 10.6 Å². The molecule has 20 heavy (non-hydrogen) atoms. The van der Waals surface area contributed by atoms with E-state index in [9.17, 15) is 9.59 Å². The SMILES string of the molecule is Cc1cc(OC(=O)Cl)ccc1CCCc1noc(=O)o1. The molecular weight excluding hydrogens is 286 g/mol. The van der Waals surface area contributed by atoms with Gasteiger partial charge in [-0.3, -0.25) is 4.52 Å². The summed E-state index contributed by atoms with van der Waals surface area (Å²) in [5.74, 6) is -0.0856. The third kappa shape index (κ3) is 3.96. The van der Waals surface area contributed by atoms with Crippen molar-refractivity contribution < 1.29 is 18.5 Å². The van der Waals surface area contributed by atoms with Crippen molar-refractivity contribution in [3.05, 3.63) is 45.8 Å². The predicted octanol–water partition coefficient (Wildman–Crippen LogP) is 2.85. The van der Waals surface area contributed by atoms with Gasteiger partial charge in [-0.1, -0.05) is 6.07 Å². The topological polar surface area (TPSA) is 82.5 Å². The first-order valence-corrected chi connectivity index (χ1v) is 6.35. The number of benzene rings is 1. The number of halogens is 1. The molecule has 2 rings (SSSR count). The van der Waals surface area contributed by atoms with Crippen LogP contribution in [-0.4, -0.2) is 10.6 Å². The Morgan fingerprint density at radius 3 is 2.80 bits per heavy atom. The lowest BCUT2D eigenvalue weighted by atomic mass is 10.0. The van der Waals surface area contributed by atoms with E-state index in [-0.39, 0.29) is 0 Å². The number of carbonyl (C=O) groups excluding carboxylic acids is 1. The number of hydrogen-bond donors (Lipinski definition) is 0. The molecule has 2 aromatic rings. The second-order valence-corrected chi connectivity index (χ2v) is 4.52. The van der Waals surface area contributed by atoms with Gasteiger partial charge in [0.05, 0.1) is 0 Å². The second-order valence-electron chi connectivity index (χ2n) is 4.21. The monoisotopic (exact) mass is 297 g/mol. The number of carbonyl (C=O) groups is 1. The Balaban J connectivity index is 1.92. The highest BCUT2D eigenvalue weighted by atomic mass is 35.5. The summed E-state index contributed by atoms with van der Waals surface area (Å²) in [7, 11) is 0. The van der Waals surface area contributed by atoms with E-state index in [1.165, 1.54) is 0 Å². The normalized spacial score (nSPS) is 10.5. The highest BCUT2D eigenvalue weighted by Crippen LogP contribution is 2.19. The first-order chi connectivity index (χ1) is 9.54. The van der Waals surface area contributed by atoms with Crippen molar-refractivity contribution in [3.63, 3.8) is 0 Å². The van der Waals surface area contributed by atoms with Crippen LogP contribution in [0.25, 0.3) is 0 Å². The summed E-state index contributed by atoms with van der Waals surface area (Å²) in [6.45, 7) is 1.91. The van der Waals surface area contributed by atoms with Crippen molar-refractivity contribution in [2.45, 2.75) is 26.2 Å². The molecule has 0 radical (unpaired) electrons. The third-order valence-corrected chi connectivity index (χ3v) is 2.85. The Morgan fingerprint density at radius 2 is 2.20 bits per heavy atom. The Labute approximate surface area is 119 Å². The fraction of sp³-hybridized carbons (Fsp3) is 0.308. The van der Waals surface area contributed by atoms with Gasteiger partial charge in [-0.2, -0.15) is 0 Å². The van der Waals surface area contributed by atoms with Crippen LogP contribution in [0.2, 0.25) is 0 Å². The molecule has 0 saturated heterocycles. The number of ether oxygens (including phenoxy) is 1. The lowest BCUT2D eigenvalue weighted by molar-refractivity contribution is 0.225. The van der Waals surface area contributed by atoms with Crippen molar-refractivity contribution in [3.8, 4) is 5.75 Å². The molecule has 0 N–H and O–H groups in total. The molecule has 0 fully saturated rings. The first kappa shape index (κ1) is 14.3. The zero-order valence-electron chi connectivity index (χ0n) is 10.7. The molecular formula is C13H12ClNO5. The second kappa shape index (κ2) is 6.38. The van der Waals surface area contributed by atoms with E-state index in [1.54, 1.807) is 12.1 Å². The van der Waals surface area contributed by atoms with Gasteiger partial charge in [-0.15, -0.1) is 0 Å². The molecule has 0 aliphatic rings. The van der Waals surface area contributed by atoms with E-state index in [4.69, 9.17) is 20.8 Å². The molecule has 0 aliphatic heterocycles. The van der Waals surface area contributed by atoms with Crippen molar-refractivity contribution in [1.82, 2.24) is 5.16 Å². The molecule has 6 nitrogen and oxygen atoms in total. The molecule has 106 valence electrons. The number of rotatable bonds is 5. The summed E-state index contributed by atoms with van der Waals surface area (Å²) >= 11 is 5.14. The zero-order valence-corrected chi connectivity index (χ0v) is 11.5. The van der Waals surface area contributed by atoms with Crippen LogP contribution in [-0.2, 0) is 12.8 Å². The third-order valence-electron chi connectivity index (χ3n) is 2.77. The van der Waals surface area contributed by atoms with Crippen molar-refractivity contribution in [2.24, 2.45) is 0 Å². The van der Waals surface area contributed by atoms with Gasteiger partial charge in [0.15, 0.2) is 0 Å². The van der Waals surface area contributed by atoms with E-state index >= 15 is 0 Å². The van der Waals surface area contributed by atoms with Gasteiger partial charge in [-0.25, -0.2) is 9.59 Å². The maximum Gasteiger partial charge on any atom is 0.542 e. The number of aromatic nitrogens is 1. The fourth-order valence-corrected chi connectivity index (χ4v) is 1.94. The zero-order chi connectivity index (χ0) is 14.5. The van der Waals surface area contributed by atoms with E-state index < -0.39 is 11.3 Å². The van der Waals surface area contributed by atoms with Gasteiger partial charge >= 0.3 is 11.3 Å². The van der Waals surface area contributed by atoms with E-state index in [0.717, 1.165) is 24.0 Å². The van der Waals surface area contributed by atoms with Crippen LogP contribution in [0, 0.1) is 6.92 Å². The summed E-state index contributed by atoms with van der Waals surface area (Å²) in [4.78, 5) is 21.3. The lowest BCUT2D eigenvalue weighted by Crippen LogP contribution is -1.98. The summed E-state index contributed by atoms with van der Waals surface area (Å²) in [5, 5.41) is 3.49. The average Bonchev–Trinajstić information content (AvgIpc) is 2.77. The van der Waals surface area contributed by atoms with E-state index in [2.05, 4.69) is 9.68 Å². The minimum absolute atomic E-state index is 0.292. The molecule has 0 atom stereocenters. The minimum Gasteiger partial charge on any atom is -0.414 e. The molecule has 0 bridgehead atoms. The molecule has 0 aliphatic carbocycles. The number of hydrogen-bond acceptors (Lipinski definition) is 6. The van der Waals surface area contributed by atoms with Crippen molar-refractivity contribution >= 4 is 17.0 Å². The fourth-order valence-electron chi connectivity index (χ4n) is 1.85. The highest BCUT2D eigenvalue weighted by Gasteiger charge is 2.06. The Kier molecular flexibility index (Phi) is 4.57. The Bertz CT molecular complexity index is 661. The van der Waals surface area contributed by atoms with E-state index in [0.29, 0.717) is 18.1 Å². The largest absolute Gasteiger partial charge is 0.542 e. The minimum atomic E-state index is -0.863. The summed E-state index contributed by atoms with van der Waals surface area (Å²) in [6.07, 6.45) is 2.05. The molecule has 1 aromatic heterocycles. The Morgan fingerprint density at radius 1 is 1.40 bits per heavy atom. The Hall–Kier alpha value is -2.08. The molecule has 0 spiro atoms. The maximum absolute atomic E-state index is 10.7. The summed E-state index contributed by atoms with van der Waals surface area (Å²) in [5.41, 5.74) is 1.23. The smallest absolute Gasteiger partial charge is 0.414 e. The van der Waals surface area contributed by atoms with Gasteiger partial charge in [-0.05, 0) is 48.2 Å². The van der Waals surface area contributed by atoms with Crippen LogP contribution >= 0.6 is 11.6 Å². The summed E-state index contributed by atoms with van der Waals surface area (Å²) < 4.78 is 13.8. The van der Waals surface area contributed by atoms with Crippen LogP contribution in [0.1, 0.15) is 23.4 Å². The van der Waals surface area contributed by atoms with Crippen molar-refractivity contribution in [2.75, 3.05) is 0 Å². The average molecular weight is 298 g/mol. The number of aryl methyl sites for hydroxylation is 3. The van der Waals surface area contributed by atoms with Crippen LogP contribution in [0.3, 0.4) is 0 Å². The summed E-state index contributed by atoms with van der Waals surface area (Å²) in [6, 6.07) is 5.29. The molecule has 7 heteroatoms. The van der Waals surface area contributed by atoms with Crippen molar-refractivity contribution in [1.29, 1.82) is 0 Å². The maximum atomic E-state index is 10.7. The van der Waals surface area contributed by atoms with E-state index in [1.807, 2.05) is 13.0 Å². The molecule has 0 unspecified atom stereocenters. The predicted molar refractivity (Wildman–Crippen MR) is 70.1 cm³/mol. The van der Waals surface area contributed by atoms with Crippen LogP contribution in [0.15, 0.2) is 31.9 Å². The van der Waals surface area contributed by atoms with Gasteiger partial charge in [0.1, 0.15) is 5.75 Å². The quantitative estimate of drug-likeness (QED) is 0.789. The standard InChI is InChI=1S/C13H12ClNO5/c1-8-7-10(18-12(14)16)6-5-9(8)3-2-4-11-15-20-13(17)19-11/h5-7H,2-4H2,1H3. The molecule has 0 saturated carbocycles. The number of nitrogens with zero attached hydrogens (tertiary/aromatic N) is 1. The van der Waals surface area contributed by atoms with Crippen LogP contribution in [0.4, 0.5) is 4.79 Å². The highest BCUT2D eigenvalue weighted by molar-refractivity contribution is 6.61. The van der Waals surface area contributed by atoms with Gasteiger partial charge < -0.3 is 9.15 Å². The van der Waals surface area contributed by atoms with Crippen LogP contribution in [0.5, 0.6) is 5.75 Å². The lowest BCUT2D eigenvalue weighted by Gasteiger charge is -2.07. The molecule has 1 aromatic carbocycles. The van der Waals surface area contributed by atoms with Gasteiger partial charge in [0, 0.05) is 18.0 Å². The van der Waals surface area contributed by atoms with Gasteiger partial charge in [0.2, 0.25) is 5.89 Å². The molecule has 0 amide bonds. The molecule has 1 heterocycles. The van der Waals surface area contributed by atoms with Gasteiger partial charge in [0.25, 0.3) is 0 Å².